The maximum atomic E-state index is 9.11. The van der Waals surface area contributed by atoms with Crippen LogP contribution in [0.25, 0.3) is 28.0 Å². The molecule has 4 rings (SSSR count). The Bertz CT molecular complexity index is 1040. The fourth-order valence-electron chi connectivity index (χ4n) is 3.48. The molecule has 4 aromatic rings. The lowest BCUT2D eigenvalue weighted by Gasteiger charge is -2.13. The van der Waals surface area contributed by atoms with Gasteiger partial charge in [0.1, 0.15) is 5.69 Å². The van der Waals surface area contributed by atoms with Crippen LogP contribution in [0.3, 0.4) is 0 Å². The minimum absolute atomic E-state index is 0.0474. The lowest BCUT2D eigenvalue weighted by atomic mass is 9.95. The first kappa shape index (κ1) is 17.4. The number of H-pyrrole nitrogens is 1. The normalized spacial score (nSPS) is 11.7. The van der Waals surface area contributed by atoms with E-state index in [9.17, 15) is 0 Å². The van der Waals surface area contributed by atoms with Gasteiger partial charge in [-0.15, -0.1) is 0 Å². The molecule has 0 atom stereocenters. The van der Waals surface area contributed by atoms with E-state index in [1.807, 2.05) is 29.2 Å². The van der Waals surface area contributed by atoms with E-state index in [0.717, 1.165) is 46.6 Å². The standard InChI is InChI=1S/C19H23N7O/c1-3-13(4-2)18-15(10-20-24-18)19-17-5-6-21-26(17)12-16(23-19)14-9-22-25(11-14)7-8-27/h5-6,9-13,27H,3-4,7-8H2,1-2H3,(H,20,24). The molecular formula is C19H23N7O. The lowest BCUT2D eigenvalue weighted by molar-refractivity contribution is 0.269. The Morgan fingerprint density at radius 1 is 1.15 bits per heavy atom. The van der Waals surface area contributed by atoms with Gasteiger partial charge in [-0.3, -0.25) is 9.78 Å². The van der Waals surface area contributed by atoms with E-state index in [4.69, 9.17) is 10.1 Å². The Morgan fingerprint density at radius 2 is 2.00 bits per heavy atom. The molecule has 2 N–H and O–H groups in total. The van der Waals surface area contributed by atoms with E-state index in [-0.39, 0.29) is 6.61 Å². The number of aromatic nitrogens is 7. The van der Waals surface area contributed by atoms with Gasteiger partial charge in [0.05, 0.1) is 49.1 Å². The molecule has 0 saturated heterocycles. The highest BCUT2D eigenvalue weighted by atomic mass is 16.3. The molecule has 0 unspecified atom stereocenters. The van der Waals surface area contributed by atoms with Crippen molar-refractivity contribution in [1.29, 1.82) is 0 Å². The molecule has 0 aliphatic heterocycles. The molecule has 8 nitrogen and oxygen atoms in total. The van der Waals surface area contributed by atoms with Crippen molar-refractivity contribution in [1.82, 2.24) is 34.6 Å². The Morgan fingerprint density at radius 3 is 2.78 bits per heavy atom. The molecule has 4 aromatic heterocycles. The van der Waals surface area contributed by atoms with Gasteiger partial charge in [-0.1, -0.05) is 13.8 Å². The summed E-state index contributed by atoms with van der Waals surface area (Å²) in [6.07, 6.45) is 11.2. The number of aliphatic hydroxyl groups is 1. The van der Waals surface area contributed by atoms with E-state index in [0.29, 0.717) is 12.5 Å². The summed E-state index contributed by atoms with van der Waals surface area (Å²) >= 11 is 0. The highest BCUT2D eigenvalue weighted by molar-refractivity contribution is 5.80. The second kappa shape index (κ2) is 7.32. The third-order valence-electron chi connectivity index (χ3n) is 4.97. The van der Waals surface area contributed by atoms with Crippen LogP contribution >= 0.6 is 0 Å². The second-order valence-electron chi connectivity index (χ2n) is 6.56. The first-order valence-electron chi connectivity index (χ1n) is 9.26. The maximum Gasteiger partial charge on any atom is 0.100 e. The van der Waals surface area contributed by atoms with Crippen LogP contribution in [0.15, 0.2) is 37.1 Å². The highest BCUT2D eigenvalue weighted by Gasteiger charge is 2.20. The van der Waals surface area contributed by atoms with Crippen LogP contribution < -0.4 is 0 Å². The van der Waals surface area contributed by atoms with Crippen LogP contribution in [-0.2, 0) is 6.54 Å². The van der Waals surface area contributed by atoms with E-state index in [1.54, 1.807) is 17.1 Å². The summed E-state index contributed by atoms with van der Waals surface area (Å²) in [6, 6.07) is 1.96. The first-order valence-corrected chi connectivity index (χ1v) is 9.26. The number of fused-ring (bicyclic) bond motifs is 1. The van der Waals surface area contributed by atoms with Gasteiger partial charge < -0.3 is 5.11 Å². The Hall–Kier alpha value is -3.00. The van der Waals surface area contributed by atoms with Crippen molar-refractivity contribution in [2.75, 3.05) is 6.61 Å². The van der Waals surface area contributed by atoms with Crippen molar-refractivity contribution in [3.8, 4) is 22.5 Å². The number of rotatable bonds is 7. The van der Waals surface area contributed by atoms with Gasteiger partial charge >= 0.3 is 0 Å². The number of aromatic amines is 1. The SMILES string of the molecule is CCC(CC)c1[nH]ncc1-c1nc(-c2cnn(CCO)c2)cn2nccc12. The van der Waals surface area contributed by atoms with Crippen LogP contribution in [0.5, 0.6) is 0 Å². The van der Waals surface area contributed by atoms with Crippen molar-refractivity contribution in [3.63, 3.8) is 0 Å². The summed E-state index contributed by atoms with van der Waals surface area (Å²) in [5.41, 5.74) is 5.59. The van der Waals surface area contributed by atoms with E-state index in [1.165, 1.54) is 0 Å². The summed E-state index contributed by atoms with van der Waals surface area (Å²) in [6.45, 7) is 4.88. The third-order valence-corrected chi connectivity index (χ3v) is 4.97. The van der Waals surface area contributed by atoms with Gasteiger partial charge in [0, 0.05) is 28.9 Å². The van der Waals surface area contributed by atoms with Gasteiger partial charge in [-0.25, -0.2) is 9.50 Å². The largest absolute Gasteiger partial charge is 0.394 e. The van der Waals surface area contributed by atoms with Gasteiger partial charge in [-0.05, 0) is 18.9 Å². The van der Waals surface area contributed by atoms with Gasteiger partial charge in [0.25, 0.3) is 0 Å². The second-order valence-corrected chi connectivity index (χ2v) is 6.56. The Kier molecular flexibility index (Phi) is 4.72. The topological polar surface area (TPSA) is 96.9 Å². The predicted octanol–water partition coefficient (Wildman–Crippen LogP) is 2.88. The summed E-state index contributed by atoms with van der Waals surface area (Å²) in [5.74, 6) is 0.406. The van der Waals surface area contributed by atoms with Crippen molar-refractivity contribution in [2.45, 2.75) is 39.2 Å². The number of aliphatic hydroxyl groups excluding tert-OH is 1. The van der Waals surface area contributed by atoms with E-state index < -0.39 is 0 Å². The van der Waals surface area contributed by atoms with Crippen LogP contribution in [0, 0.1) is 0 Å². The average molecular weight is 365 g/mol. The summed E-state index contributed by atoms with van der Waals surface area (Å²) in [4.78, 5) is 4.93. The quantitative estimate of drug-likeness (QED) is 0.525. The maximum absolute atomic E-state index is 9.11. The molecule has 8 heteroatoms. The van der Waals surface area contributed by atoms with Gasteiger partial charge in [0.2, 0.25) is 0 Å². The summed E-state index contributed by atoms with van der Waals surface area (Å²) < 4.78 is 3.54. The number of nitrogens with one attached hydrogen (secondary N) is 1. The summed E-state index contributed by atoms with van der Waals surface area (Å²) in [7, 11) is 0. The van der Waals surface area contributed by atoms with Crippen molar-refractivity contribution in [2.24, 2.45) is 0 Å². The molecule has 0 radical (unpaired) electrons. The van der Waals surface area contributed by atoms with Gasteiger partial charge in [0.15, 0.2) is 0 Å². The first-order chi connectivity index (χ1) is 13.2. The molecule has 0 aliphatic rings. The fraction of sp³-hybridized carbons (Fsp3) is 0.368. The molecule has 0 saturated carbocycles. The smallest absolute Gasteiger partial charge is 0.100 e. The molecule has 0 spiro atoms. The monoisotopic (exact) mass is 365 g/mol. The van der Waals surface area contributed by atoms with Crippen LogP contribution in [0.4, 0.5) is 0 Å². The van der Waals surface area contributed by atoms with E-state index in [2.05, 4.69) is 34.2 Å². The van der Waals surface area contributed by atoms with Crippen molar-refractivity contribution in [3.05, 3.63) is 42.7 Å². The molecule has 0 bridgehead atoms. The molecule has 27 heavy (non-hydrogen) atoms. The number of hydrogen-bond donors (Lipinski definition) is 2. The van der Waals surface area contributed by atoms with Crippen molar-refractivity contribution >= 4 is 5.52 Å². The fourth-order valence-corrected chi connectivity index (χ4v) is 3.48. The van der Waals surface area contributed by atoms with Crippen LogP contribution in [0.1, 0.15) is 38.3 Å². The zero-order valence-corrected chi connectivity index (χ0v) is 15.5. The molecule has 0 aliphatic carbocycles. The number of hydrogen-bond acceptors (Lipinski definition) is 5. The zero-order chi connectivity index (χ0) is 18.8. The molecule has 4 heterocycles. The van der Waals surface area contributed by atoms with Crippen LogP contribution in [0.2, 0.25) is 0 Å². The van der Waals surface area contributed by atoms with Crippen molar-refractivity contribution < 1.29 is 5.11 Å². The van der Waals surface area contributed by atoms with Gasteiger partial charge in [-0.2, -0.15) is 15.3 Å². The zero-order valence-electron chi connectivity index (χ0n) is 15.5. The lowest BCUT2D eigenvalue weighted by Crippen LogP contribution is -2.02. The molecular weight excluding hydrogens is 342 g/mol. The molecule has 0 fully saturated rings. The third kappa shape index (κ3) is 3.12. The number of nitrogens with zero attached hydrogens (tertiary/aromatic N) is 6. The predicted molar refractivity (Wildman–Crippen MR) is 102 cm³/mol. The molecule has 140 valence electrons. The van der Waals surface area contributed by atoms with Crippen LogP contribution in [-0.4, -0.2) is 46.3 Å². The summed E-state index contributed by atoms with van der Waals surface area (Å²) in [5, 5.41) is 25.3. The Labute approximate surface area is 156 Å². The minimum atomic E-state index is 0.0474. The minimum Gasteiger partial charge on any atom is -0.394 e. The Balaban J connectivity index is 1.86. The molecule has 0 aromatic carbocycles. The average Bonchev–Trinajstić information content (AvgIpc) is 3.42. The highest BCUT2D eigenvalue weighted by Crippen LogP contribution is 2.33. The molecule has 0 amide bonds. The van der Waals surface area contributed by atoms with E-state index >= 15 is 0 Å².